The predicted molar refractivity (Wildman–Crippen MR) is 61.9 cm³/mol. The highest BCUT2D eigenvalue weighted by molar-refractivity contribution is 14.1. The van der Waals surface area contributed by atoms with Crippen LogP contribution >= 0.6 is 22.6 Å². The van der Waals surface area contributed by atoms with Gasteiger partial charge in [0.25, 0.3) is 5.69 Å². The van der Waals surface area contributed by atoms with Crippen LogP contribution in [0.5, 0.6) is 0 Å². The van der Waals surface area contributed by atoms with Gasteiger partial charge in [-0.3, -0.25) is 10.1 Å². The molecule has 0 aliphatic rings. The molecule has 0 heterocycles. The maximum Gasteiger partial charge on any atom is 0.339 e. The number of methoxy groups -OCH3 is 1. The Morgan fingerprint density at radius 3 is 2.60 bits per heavy atom. The number of nitro groups is 1. The quantitative estimate of drug-likeness (QED) is 0.363. The van der Waals surface area contributed by atoms with Crippen LogP contribution < -0.4 is 0 Å². The summed E-state index contributed by atoms with van der Waals surface area (Å²) < 4.78 is 5.17. The monoisotopic (exact) mass is 321 g/mol. The third-order valence-corrected chi connectivity index (χ3v) is 2.78. The Balaban J connectivity index is 3.36. The second kappa shape index (κ2) is 4.56. The fraction of sp³-hybridized carbons (Fsp3) is 0.222. The number of ether oxygens (including phenoxy) is 1. The molecular formula is C9H8INO4. The standard InChI is InChI=1S/C9H8INO4/c1-5-3-7(10)6(9(12)15-2)4-8(5)11(13)14/h3-4H,1-2H3. The highest BCUT2D eigenvalue weighted by Crippen LogP contribution is 2.24. The number of esters is 1. The van der Waals surface area contributed by atoms with Crippen LogP contribution in [0.3, 0.4) is 0 Å². The van der Waals surface area contributed by atoms with E-state index in [-0.39, 0.29) is 11.3 Å². The summed E-state index contributed by atoms with van der Waals surface area (Å²) in [5.74, 6) is -0.567. The molecule has 0 aliphatic carbocycles. The SMILES string of the molecule is COC(=O)c1cc([N+](=O)[O-])c(C)cc1I. The van der Waals surface area contributed by atoms with Crippen molar-refractivity contribution in [3.63, 3.8) is 0 Å². The third-order valence-electron chi connectivity index (χ3n) is 1.89. The molecule has 0 fully saturated rings. The van der Waals surface area contributed by atoms with Crippen LogP contribution in [0.2, 0.25) is 0 Å². The van der Waals surface area contributed by atoms with Crippen LogP contribution in [0.1, 0.15) is 15.9 Å². The number of benzene rings is 1. The molecule has 80 valence electrons. The van der Waals surface area contributed by atoms with E-state index in [9.17, 15) is 14.9 Å². The zero-order valence-electron chi connectivity index (χ0n) is 8.11. The van der Waals surface area contributed by atoms with Gasteiger partial charge in [-0.1, -0.05) is 0 Å². The number of nitrogens with zero attached hydrogens (tertiary/aromatic N) is 1. The molecule has 0 aliphatic heterocycles. The fourth-order valence-corrected chi connectivity index (χ4v) is 1.97. The molecule has 0 unspecified atom stereocenters. The summed E-state index contributed by atoms with van der Waals surface area (Å²) in [6, 6.07) is 2.83. The fourth-order valence-electron chi connectivity index (χ4n) is 1.12. The maximum atomic E-state index is 11.3. The van der Waals surface area contributed by atoms with E-state index in [1.54, 1.807) is 13.0 Å². The van der Waals surface area contributed by atoms with Gasteiger partial charge < -0.3 is 4.74 Å². The van der Waals surface area contributed by atoms with Gasteiger partial charge in [-0.2, -0.15) is 0 Å². The average Bonchev–Trinajstić information content (AvgIpc) is 2.16. The van der Waals surface area contributed by atoms with Crippen molar-refractivity contribution in [3.8, 4) is 0 Å². The summed E-state index contributed by atoms with van der Waals surface area (Å²) in [4.78, 5) is 21.4. The van der Waals surface area contributed by atoms with Crippen LogP contribution in [-0.2, 0) is 4.74 Å². The molecule has 1 rings (SSSR count). The smallest absolute Gasteiger partial charge is 0.339 e. The zero-order valence-corrected chi connectivity index (χ0v) is 10.3. The van der Waals surface area contributed by atoms with E-state index >= 15 is 0 Å². The molecule has 0 bridgehead atoms. The molecule has 1 aromatic rings. The van der Waals surface area contributed by atoms with Crippen molar-refractivity contribution in [1.82, 2.24) is 0 Å². The molecule has 15 heavy (non-hydrogen) atoms. The van der Waals surface area contributed by atoms with Crippen LogP contribution in [0.15, 0.2) is 12.1 Å². The Morgan fingerprint density at radius 1 is 1.53 bits per heavy atom. The average molecular weight is 321 g/mol. The van der Waals surface area contributed by atoms with E-state index in [1.807, 2.05) is 22.6 Å². The van der Waals surface area contributed by atoms with Crippen molar-refractivity contribution < 1.29 is 14.5 Å². The molecule has 1 aromatic carbocycles. The number of hydrogen-bond donors (Lipinski definition) is 0. The minimum atomic E-state index is -0.567. The topological polar surface area (TPSA) is 69.4 Å². The van der Waals surface area contributed by atoms with E-state index in [0.29, 0.717) is 9.13 Å². The lowest BCUT2D eigenvalue weighted by molar-refractivity contribution is -0.385. The lowest BCUT2D eigenvalue weighted by Gasteiger charge is -2.04. The number of nitro benzene ring substituents is 1. The van der Waals surface area contributed by atoms with Gasteiger partial charge >= 0.3 is 5.97 Å². The molecule has 6 heteroatoms. The lowest BCUT2D eigenvalue weighted by atomic mass is 10.1. The van der Waals surface area contributed by atoms with Crippen LogP contribution in [-0.4, -0.2) is 18.0 Å². The highest BCUT2D eigenvalue weighted by atomic mass is 127. The first kappa shape index (κ1) is 11.9. The van der Waals surface area contributed by atoms with Crippen molar-refractivity contribution >= 4 is 34.2 Å². The van der Waals surface area contributed by atoms with Crippen molar-refractivity contribution in [2.45, 2.75) is 6.92 Å². The second-order valence-electron chi connectivity index (χ2n) is 2.87. The van der Waals surface area contributed by atoms with Gasteiger partial charge in [-0.15, -0.1) is 0 Å². The molecular weight excluding hydrogens is 313 g/mol. The summed E-state index contributed by atoms with van der Waals surface area (Å²) in [6.45, 7) is 1.63. The highest BCUT2D eigenvalue weighted by Gasteiger charge is 2.18. The van der Waals surface area contributed by atoms with Gasteiger partial charge in [0.2, 0.25) is 0 Å². The number of carbonyl (C=O) groups excluding carboxylic acids is 1. The van der Waals surface area contributed by atoms with Gasteiger partial charge in [0.1, 0.15) is 0 Å². The van der Waals surface area contributed by atoms with Crippen molar-refractivity contribution in [2.24, 2.45) is 0 Å². The molecule has 0 aromatic heterocycles. The molecule has 0 saturated carbocycles. The molecule has 0 spiro atoms. The predicted octanol–water partition coefficient (Wildman–Crippen LogP) is 2.29. The first-order valence-corrected chi connectivity index (χ1v) is 5.08. The van der Waals surface area contributed by atoms with E-state index in [2.05, 4.69) is 4.74 Å². The third kappa shape index (κ3) is 2.44. The normalized spacial score (nSPS) is 9.80. The van der Waals surface area contributed by atoms with Crippen molar-refractivity contribution in [2.75, 3.05) is 7.11 Å². The molecule has 0 amide bonds. The van der Waals surface area contributed by atoms with Gasteiger partial charge in [-0.25, -0.2) is 4.79 Å². The molecule has 0 atom stereocenters. The Labute approximate surface area is 99.7 Å². The maximum absolute atomic E-state index is 11.3. The largest absolute Gasteiger partial charge is 0.465 e. The Morgan fingerprint density at radius 2 is 2.13 bits per heavy atom. The van der Waals surface area contributed by atoms with Crippen molar-refractivity contribution in [3.05, 3.63) is 36.9 Å². The number of aryl methyl sites for hydroxylation is 1. The van der Waals surface area contributed by atoms with Gasteiger partial charge in [0.05, 0.1) is 17.6 Å². The summed E-state index contributed by atoms with van der Waals surface area (Å²) in [5.41, 5.74) is 0.670. The molecule has 0 N–H and O–H groups in total. The summed E-state index contributed by atoms with van der Waals surface area (Å²) in [7, 11) is 1.24. The zero-order chi connectivity index (χ0) is 11.6. The van der Waals surface area contributed by atoms with E-state index in [0.717, 1.165) is 0 Å². The Kier molecular flexibility index (Phi) is 3.61. The molecule has 0 radical (unpaired) electrons. The molecule has 5 nitrogen and oxygen atoms in total. The number of carbonyl (C=O) groups is 1. The number of halogens is 1. The van der Waals surface area contributed by atoms with Crippen LogP contribution in [0, 0.1) is 20.6 Å². The van der Waals surface area contributed by atoms with Crippen LogP contribution in [0.25, 0.3) is 0 Å². The van der Waals surface area contributed by atoms with Gasteiger partial charge in [0, 0.05) is 15.2 Å². The minimum Gasteiger partial charge on any atom is -0.465 e. The first-order valence-electron chi connectivity index (χ1n) is 4.00. The van der Waals surface area contributed by atoms with Gasteiger partial charge in [0.15, 0.2) is 0 Å². The Hall–Kier alpha value is -1.18. The number of rotatable bonds is 2. The van der Waals surface area contributed by atoms with E-state index < -0.39 is 10.9 Å². The Bertz CT molecular complexity index is 430. The lowest BCUT2D eigenvalue weighted by Crippen LogP contribution is -2.05. The first-order chi connectivity index (χ1) is 6.97. The summed E-state index contributed by atoms with van der Waals surface area (Å²) in [6.07, 6.45) is 0. The van der Waals surface area contributed by atoms with Crippen molar-refractivity contribution in [1.29, 1.82) is 0 Å². The second-order valence-corrected chi connectivity index (χ2v) is 4.03. The summed E-state index contributed by atoms with van der Waals surface area (Å²) in [5, 5.41) is 10.6. The van der Waals surface area contributed by atoms with E-state index in [1.165, 1.54) is 13.2 Å². The number of hydrogen-bond acceptors (Lipinski definition) is 4. The van der Waals surface area contributed by atoms with Gasteiger partial charge in [-0.05, 0) is 35.6 Å². The van der Waals surface area contributed by atoms with Crippen LogP contribution in [0.4, 0.5) is 5.69 Å². The van der Waals surface area contributed by atoms with E-state index in [4.69, 9.17) is 0 Å². The summed E-state index contributed by atoms with van der Waals surface area (Å²) >= 11 is 1.94. The minimum absolute atomic E-state index is 0.0733. The molecule has 0 saturated heterocycles.